The maximum absolute atomic E-state index is 13.3. The summed E-state index contributed by atoms with van der Waals surface area (Å²) in [6.07, 6.45) is 3.14. The first-order valence-electron chi connectivity index (χ1n) is 12.4. The number of amides is 1. The highest BCUT2D eigenvalue weighted by Gasteiger charge is 2.32. The van der Waals surface area contributed by atoms with Crippen molar-refractivity contribution in [2.45, 2.75) is 33.2 Å². The number of carbonyl (C=O) groups excluding carboxylic acids is 1. The second-order valence-electron chi connectivity index (χ2n) is 9.34. The lowest BCUT2D eigenvalue weighted by atomic mass is 9.95. The second-order valence-corrected chi connectivity index (χ2v) is 9.77. The van der Waals surface area contributed by atoms with Crippen LogP contribution in [0.3, 0.4) is 0 Å². The van der Waals surface area contributed by atoms with Gasteiger partial charge in [0, 0.05) is 68.6 Å². The van der Waals surface area contributed by atoms with Crippen molar-refractivity contribution < 1.29 is 4.79 Å². The molecule has 0 saturated carbocycles. The van der Waals surface area contributed by atoms with Gasteiger partial charge in [0.25, 0.3) is 5.56 Å². The summed E-state index contributed by atoms with van der Waals surface area (Å²) in [7, 11) is 0. The van der Waals surface area contributed by atoms with E-state index >= 15 is 0 Å². The number of hydrogen-bond acceptors (Lipinski definition) is 6. The highest BCUT2D eigenvalue weighted by molar-refractivity contribution is 6.30. The van der Waals surface area contributed by atoms with Crippen molar-refractivity contribution >= 4 is 40.2 Å². The Bertz CT molecular complexity index is 1290. The summed E-state index contributed by atoms with van der Waals surface area (Å²) in [5, 5.41) is 0.735. The van der Waals surface area contributed by atoms with Gasteiger partial charge in [-0.2, -0.15) is 0 Å². The van der Waals surface area contributed by atoms with E-state index in [0.29, 0.717) is 44.2 Å². The molecule has 2 aliphatic rings. The van der Waals surface area contributed by atoms with Gasteiger partial charge in [-0.15, -0.1) is 0 Å². The number of pyridine rings is 1. The highest BCUT2D eigenvalue weighted by atomic mass is 35.5. The Kier molecular flexibility index (Phi) is 6.65. The first kappa shape index (κ1) is 23.6. The predicted molar refractivity (Wildman–Crippen MR) is 139 cm³/mol. The monoisotopic (exact) mass is 494 g/mol. The number of carbonyl (C=O) groups is 1. The molecule has 8 nitrogen and oxygen atoms in total. The van der Waals surface area contributed by atoms with E-state index in [1.54, 1.807) is 10.8 Å². The molecule has 1 amide bonds. The van der Waals surface area contributed by atoms with E-state index in [2.05, 4.69) is 21.8 Å². The van der Waals surface area contributed by atoms with E-state index in [-0.39, 0.29) is 17.4 Å². The van der Waals surface area contributed by atoms with Crippen LogP contribution < -0.4 is 15.4 Å². The van der Waals surface area contributed by atoms with Gasteiger partial charge in [0.05, 0.1) is 0 Å². The molecule has 0 radical (unpaired) electrons. The molecule has 9 heteroatoms. The van der Waals surface area contributed by atoms with Crippen LogP contribution in [-0.2, 0) is 11.3 Å². The van der Waals surface area contributed by atoms with Crippen molar-refractivity contribution in [3.05, 3.63) is 57.5 Å². The fourth-order valence-corrected chi connectivity index (χ4v) is 5.42. The Labute approximate surface area is 210 Å². The Morgan fingerprint density at radius 2 is 1.80 bits per heavy atom. The van der Waals surface area contributed by atoms with E-state index in [9.17, 15) is 9.59 Å². The molecule has 0 N–H and O–H groups in total. The number of nitrogens with zero attached hydrogens (tertiary/aromatic N) is 6. The SMILES string of the molecule is CCn1c(=O)c(N2CCC(C(=O)N3CCN(c4cc(Cl)ccc4C)CC3)CC2)nc2cccnc21. The fourth-order valence-electron chi connectivity index (χ4n) is 5.25. The van der Waals surface area contributed by atoms with Crippen LogP contribution >= 0.6 is 11.6 Å². The van der Waals surface area contributed by atoms with Gasteiger partial charge in [-0.3, -0.25) is 14.2 Å². The van der Waals surface area contributed by atoms with Gasteiger partial charge in [0.15, 0.2) is 11.5 Å². The quantitative estimate of drug-likeness (QED) is 0.554. The lowest BCUT2D eigenvalue weighted by molar-refractivity contribution is -0.136. The number of aryl methyl sites for hydroxylation is 2. The molecule has 2 saturated heterocycles. The lowest BCUT2D eigenvalue weighted by Gasteiger charge is -2.40. The zero-order valence-electron chi connectivity index (χ0n) is 20.3. The molecule has 1 aromatic carbocycles. The number of piperazine rings is 1. The molecule has 4 heterocycles. The largest absolute Gasteiger partial charge is 0.368 e. The molecular weight excluding hydrogens is 464 g/mol. The average Bonchev–Trinajstić information content (AvgIpc) is 2.89. The van der Waals surface area contributed by atoms with Gasteiger partial charge < -0.3 is 14.7 Å². The maximum Gasteiger partial charge on any atom is 0.295 e. The zero-order chi connectivity index (χ0) is 24.5. The molecule has 0 spiro atoms. The number of aromatic nitrogens is 3. The van der Waals surface area contributed by atoms with Crippen LogP contribution in [0.5, 0.6) is 0 Å². The highest BCUT2D eigenvalue weighted by Crippen LogP contribution is 2.27. The summed E-state index contributed by atoms with van der Waals surface area (Å²) in [6, 6.07) is 9.68. The third kappa shape index (κ3) is 4.59. The zero-order valence-corrected chi connectivity index (χ0v) is 21.0. The standard InChI is InChI=1S/C26H31ClN6O2/c1-3-33-23-21(5-4-10-28-23)29-24(26(33)35)31-11-8-19(9-12-31)25(34)32-15-13-30(14-16-32)22-17-20(27)7-6-18(22)2/h4-7,10,17,19H,3,8-9,11-16H2,1-2H3. The summed E-state index contributed by atoms with van der Waals surface area (Å²) < 4.78 is 1.68. The van der Waals surface area contributed by atoms with Crippen molar-refractivity contribution in [1.29, 1.82) is 0 Å². The van der Waals surface area contributed by atoms with E-state index in [4.69, 9.17) is 11.6 Å². The van der Waals surface area contributed by atoms with E-state index in [1.807, 2.05) is 47.1 Å². The van der Waals surface area contributed by atoms with Gasteiger partial charge >= 0.3 is 0 Å². The number of anilines is 2. The third-order valence-corrected chi connectivity index (χ3v) is 7.48. The summed E-state index contributed by atoms with van der Waals surface area (Å²) >= 11 is 6.20. The average molecular weight is 495 g/mol. The number of fused-ring (bicyclic) bond motifs is 1. The molecule has 2 aliphatic heterocycles. The molecule has 0 unspecified atom stereocenters. The maximum atomic E-state index is 13.3. The van der Waals surface area contributed by atoms with Crippen LogP contribution in [0.15, 0.2) is 41.3 Å². The van der Waals surface area contributed by atoms with Gasteiger partial charge in [0.1, 0.15) is 5.52 Å². The summed E-state index contributed by atoms with van der Waals surface area (Å²) in [4.78, 5) is 41.7. The molecule has 3 aromatic rings. The Balaban J connectivity index is 1.22. The van der Waals surface area contributed by atoms with Crippen molar-refractivity contribution in [3.8, 4) is 0 Å². The van der Waals surface area contributed by atoms with Crippen LogP contribution in [-0.4, -0.2) is 64.6 Å². The summed E-state index contributed by atoms with van der Waals surface area (Å²) in [5.41, 5.74) is 3.56. The van der Waals surface area contributed by atoms with Crippen molar-refractivity contribution in [2.75, 3.05) is 49.1 Å². The van der Waals surface area contributed by atoms with Gasteiger partial charge in [-0.25, -0.2) is 9.97 Å². The number of piperidine rings is 1. The topological polar surface area (TPSA) is 74.6 Å². The lowest BCUT2D eigenvalue weighted by Crippen LogP contribution is -2.52. The molecule has 2 fully saturated rings. The van der Waals surface area contributed by atoms with Crippen LogP contribution in [0.4, 0.5) is 11.5 Å². The molecule has 184 valence electrons. The molecular formula is C26H31ClN6O2. The molecule has 35 heavy (non-hydrogen) atoms. The number of benzene rings is 1. The molecule has 2 aromatic heterocycles. The third-order valence-electron chi connectivity index (χ3n) is 7.25. The van der Waals surface area contributed by atoms with E-state index in [0.717, 1.165) is 42.2 Å². The van der Waals surface area contributed by atoms with Crippen molar-refractivity contribution in [2.24, 2.45) is 5.92 Å². The fraction of sp³-hybridized carbons (Fsp3) is 0.462. The van der Waals surface area contributed by atoms with Crippen LogP contribution in [0.2, 0.25) is 5.02 Å². The van der Waals surface area contributed by atoms with Crippen LogP contribution in [0.1, 0.15) is 25.3 Å². The van der Waals surface area contributed by atoms with Gasteiger partial charge in [-0.1, -0.05) is 17.7 Å². The molecule has 0 atom stereocenters. The minimum absolute atomic E-state index is 0.0128. The Morgan fingerprint density at radius 3 is 2.51 bits per heavy atom. The predicted octanol–water partition coefficient (Wildman–Crippen LogP) is 3.34. The molecule has 0 bridgehead atoms. The van der Waals surface area contributed by atoms with Crippen LogP contribution in [0, 0.1) is 12.8 Å². The first-order chi connectivity index (χ1) is 17.0. The van der Waals surface area contributed by atoms with E-state index in [1.165, 1.54) is 5.56 Å². The minimum Gasteiger partial charge on any atom is -0.368 e. The minimum atomic E-state index is -0.115. The Morgan fingerprint density at radius 1 is 1.06 bits per heavy atom. The summed E-state index contributed by atoms with van der Waals surface area (Å²) in [5.74, 6) is 0.679. The van der Waals surface area contributed by atoms with Crippen molar-refractivity contribution in [3.63, 3.8) is 0 Å². The number of rotatable bonds is 4. The van der Waals surface area contributed by atoms with E-state index < -0.39 is 0 Å². The Hall–Kier alpha value is -3.13. The van der Waals surface area contributed by atoms with Gasteiger partial charge in [-0.05, 0) is 56.5 Å². The summed E-state index contributed by atoms with van der Waals surface area (Å²) in [6.45, 7) is 8.90. The molecule has 5 rings (SSSR count). The smallest absolute Gasteiger partial charge is 0.295 e. The van der Waals surface area contributed by atoms with Crippen molar-refractivity contribution in [1.82, 2.24) is 19.4 Å². The second kappa shape index (κ2) is 9.85. The first-order valence-corrected chi connectivity index (χ1v) is 12.7. The number of hydrogen-bond donors (Lipinski definition) is 0. The molecule has 0 aliphatic carbocycles. The number of halogens is 1. The normalized spacial score (nSPS) is 17.3. The van der Waals surface area contributed by atoms with Crippen LogP contribution in [0.25, 0.3) is 11.2 Å². The van der Waals surface area contributed by atoms with Gasteiger partial charge in [0.2, 0.25) is 5.91 Å².